The van der Waals surface area contributed by atoms with Crippen molar-refractivity contribution in [2.45, 2.75) is 51.5 Å². The number of carbonyl (C=O) groups is 1. The molecule has 2 unspecified atom stereocenters. The third-order valence-corrected chi connectivity index (χ3v) is 3.42. The van der Waals surface area contributed by atoms with E-state index >= 15 is 0 Å². The lowest BCUT2D eigenvalue weighted by Crippen LogP contribution is -2.34. The Labute approximate surface area is 104 Å². The summed E-state index contributed by atoms with van der Waals surface area (Å²) >= 11 is 0. The van der Waals surface area contributed by atoms with Crippen molar-refractivity contribution in [2.24, 2.45) is 5.92 Å². The van der Waals surface area contributed by atoms with Crippen LogP contribution in [0, 0.1) is 5.92 Å². The Balaban J connectivity index is 2.15. The first kappa shape index (κ1) is 14.5. The largest absolute Gasteiger partial charge is 0.396 e. The van der Waals surface area contributed by atoms with E-state index in [2.05, 4.69) is 17.6 Å². The molecular formula is C13H26N2O2. The molecule has 0 spiro atoms. The monoisotopic (exact) mass is 242 g/mol. The van der Waals surface area contributed by atoms with E-state index in [9.17, 15) is 4.79 Å². The van der Waals surface area contributed by atoms with Crippen molar-refractivity contribution in [1.29, 1.82) is 0 Å². The molecule has 1 rings (SSSR count). The van der Waals surface area contributed by atoms with Crippen molar-refractivity contribution in [2.75, 3.05) is 19.7 Å². The minimum absolute atomic E-state index is 0.142. The van der Waals surface area contributed by atoms with Gasteiger partial charge in [0.05, 0.1) is 0 Å². The number of nitrogens with one attached hydrogen (secondary N) is 2. The lowest BCUT2D eigenvalue weighted by molar-refractivity contribution is -0.121. The molecule has 0 radical (unpaired) electrons. The maximum absolute atomic E-state index is 11.7. The van der Waals surface area contributed by atoms with Gasteiger partial charge in [-0.1, -0.05) is 13.3 Å². The molecule has 1 fully saturated rings. The Morgan fingerprint density at radius 2 is 2.35 bits per heavy atom. The first-order valence-corrected chi connectivity index (χ1v) is 6.87. The average Bonchev–Trinajstić information content (AvgIpc) is 2.79. The molecule has 17 heavy (non-hydrogen) atoms. The first-order chi connectivity index (χ1) is 8.26. The predicted octanol–water partition coefficient (Wildman–Crippen LogP) is 1.04. The fourth-order valence-electron chi connectivity index (χ4n) is 2.42. The molecule has 0 aromatic carbocycles. The predicted molar refractivity (Wildman–Crippen MR) is 68.8 cm³/mol. The fraction of sp³-hybridized carbons (Fsp3) is 0.923. The zero-order valence-corrected chi connectivity index (χ0v) is 10.9. The Bertz CT molecular complexity index is 209. The number of carbonyl (C=O) groups excluding carboxylic acids is 1. The molecule has 1 heterocycles. The van der Waals surface area contributed by atoms with Crippen LogP contribution in [0.15, 0.2) is 0 Å². The summed E-state index contributed by atoms with van der Waals surface area (Å²) in [5, 5.41) is 15.2. The molecule has 1 aliphatic heterocycles. The van der Waals surface area contributed by atoms with E-state index in [1.807, 2.05) is 0 Å². The average molecular weight is 242 g/mol. The van der Waals surface area contributed by atoms with E-state index in [0.29, 0.717) is 24.9 Å². The second-order valence-electron chi connectivity index (χ2n) is 4.97. The van der Waals surface area contributed by atoms with Gasteiger partial charge >= 0.3 is 0 Å². The Hall–Kier alpha value is -0.610. The van der Waals surface area contributed by atoms with Crippen molar-refractivity contribution < 1.29 is 9.90 Å². The van der Waals surface area contributed by atoms with Gasteiger partial charge in [-0.05, 0) is 38.1 Å². The minimum atomic E-state index is 0.142. The van der Waals surface area contributed by atoms with Crippen molar-refractivity contribution in [1.82, 2.24) is 10.6 Å². The van der Waals surface area contributed by atoms with Crippen molar-refractivity contribution in [3.05, 3.63) is 0 Å². The number of aliphatic hydroxyl groups is 1. The Morgan fingerprint density at radius 1 is 1.53 bits per heavy atom. The van der Waals surface area contributed by atoms with E-state index in [-0.39, 0.29) is 12.5 Å². The molecule has 4 nitrogen and oxygen atoms in total. The SMILES string of the molecule is CCCC(CCO)CNC(=O)CC1CCCN1. The second-order valence-corrected chi connectivity index (χ2v) is 4.97. The minimum Gasteiger partial charge on any atom is -0.396 e. The third kappa shape index (κ3) is 6.03. The van der Waals surface area contributed by atoms with Gasteiger partial charge in [0.2, 0.25) is 5.91 Å². The van der Waals surface area contributed by atoms with E-state index in [4.69, 9.17) is 5.11 Å². The van der Waals surface area contributed by atoms with Gasteiger partial charge in [0.1, 0.15) is 0 Å². The molecular weight excluding hydrogens is 216 g/mol. The van der Waals surface area contributed by atoms with Crippen LogP contribution in [-0.4, -0.2) is 36.8 Å². The van der Waals surface area contributed by atoms with Gasteiger partial charge in [-0.3, -0.25) is 4.79 Å². The molecule has 100 valence electrons. The van der Waals surface area contributed by atoms with Crippen LogP contribution in [0.1, 0.15) is 45.4 Å². The highest BCUT2D eigenvalue weighted by atomic mass is 16.3. The normalized spacial score (nSPS) is 21.4. The van der Waals surface area contributed by atoms with Gasteiger partial charge in [0, 0.05) is 25.6 Å². The maximum Gasteiger partial charge on any atom is 0.221 e. The smallest absolute Gasteiger partial charge is 0.221 e. The van der Waals surface area contributed by atoms with Crippen molar-refractivity contribution in [3.8, 4) is 0 Å². The number of aliphatic hydroxyl groups excluding tert-OH is 1. The summed E-state index contributed by atoms with van der Waals surface area (Å²) in [6.07, 6.45) is 5.85. The van der Waals surface area contributed by atoms with E-state index < -0.39 is 0 Å². The standard InChI is InChI=1S/C13H26N2O2/c1-2-4-11(6-8-16)10-15-13(17)9-12-5-3-7-14-12/h11-12,14,16H,2-10H2,1H3,(H,15,17). The molecule has 0 aromatic rings. The highest BCUT2D eigenvalue weighted by molar-refractivity contribution is 5.76. The van der Waals surface area contributed by atoms with E-state index in [1.165, 1.54) is 6.42 Å². The molecule has 1 aliphatic rings. The van der Waals surface area contributed by atoms with Crippen LogP contribution in [0.25, 0.3) is 0 Å². The van der Waals surface area contributed by atoms with Crippen LogP contribution in [0.2, 0.25) is 0 Å². The molecule has 1 amide bonds. The van der Waals surface area contributed by atoms with Gasteiger partial charge in [-0.25, -0.2) is 0 Å². The molecule has 1 saturated heterocycles. The van der Waals surface area contributed by atoms with Crippen molar-refractivity contribution in [3.63, 3.8) is 0 Å². The van der Waals surface area contributed by atoms with Crippen LogP contribution in [0.4, 0.5) is 0 Å². The summed E-state index contributed by atoms with van der Waals surface area (Å²) < 4.78 is 0. The Morgan fingerprint density at radius 3 is 2.94 bits per heavy atom. The summed E-state index contributed by atoms with van der Waals surface area (Å²) in [5.41, 5.74) is 0. The summed E-state index contributed by atoms with van der Waals surface area (Å²) in [6.45, 7) is 4.10. The third-order valence-electron chi connectivity index (χ3n) is 3.42. The fourth-order valence-corrected chi connectivity index (χ4v) is 2.42. The summed E-state index contributed by atoms with van der Waals surface area (Å²) in [5.74, 6) is 0.564. The zero-order chi connectivity index (χ0) is 12.5. The van der Waals surface area contributed by atoms with Crippen LogP contribution in [0.3, 0.4) is 0 Å². The molecule has 0 aromatic heterocycles. The first-order valence-electron chi connectivity index (χ1n) is 6.87. The van der Waals surface area contributed by atoms with Crippen LogP contribution in [0.5, 0.6) is 0 Å². The topological polar surface area (TPSA) is 61.4 Å². The van der Waals surface area contributed by atoms with Crippen LogP contribution in [-0.2, 0) is 4.79 Å². The quantitative estimate of drug-likeness (QED) is 0.596. The zero-order valence-electron chi connectivity index (χ0n) is 10.9. The number of amides is 1. The molecule has 3 N–H and O–H groups in total. The molecule has 0 aliphatic carbocycles. The van der Waals surface area contributed by atoms with Gasteiger partial charge in [0.25, 0.3) is 0 Å². The van der Waals surface area contributed by atoms with Gasteiger partial charge in [0.15, 0.2) is 0 Å². The van der Waals surface area contributed by atoms with Crippen LogP contribution < -0.4 is 10.6 Å². The summed E-state index contributed by atoms with van der Waals surface area (Å²) in [6, 6.07) is 0.373. The lowest BCUT2D eigenvalue weighted by atomic mass is 10.00. The van der Waals surface area contributed by atoms with E-state index in [0.717, 1.165) is 32.2 Å². The molecule has 0 bridgehead atoms. The Kier molecular flexibility index (Phi) is 7.21. The second kappa shape index (κ2) is 8.48. The molecule has 2 atom stereocenters. The highest BCUT2D eigenvalue weighted by Gasteiger charge is 2.18. The highest BCUT2D eigenvalue weighted by Crippen LogP contribution is 2.11. The number of hydrogen-bond donors (Lipinski definition) is 3. The van der Waals surface area contributed by atoms with E-state index in [1.54, 1.807) is 0 Å². The van der Waals surface area contributed by atoms with Crippen LogP contribution >= 0.6 is 0 Å². The summed E-state index contributed by atoms with van der Waals surface area (Å²) in [4.78, 5) is 11.7. The molecule has 4 heteroatoms. The van der Waals surface area contributed by atoms with Gasteiger partial charge < -0.3 is 15.7 Å². The number of rotatable bonds is 8. The van der Waals surface area contributed by atoms with Gasteiger partial charge in [-0.15, -0.1) is 0 Å². The maximum atomic E-state index is 11.7. The lowest BCUT2D eigenvalue weighted by Gasteiger charge is -2.16. The van der Waals surface area contributed by atoms with Gasteiger partial charge in [-0.2, -0.15) is 0 Å². The van der Waals surface area contributed by atoms with Crippen molar-refractivity contribution >= 4 is 5.91 Å². The summed E-state index contributed by atoms with van der Waals surface area (Å²) in [7, 11) is 0. The molecule has 0 saturated carbocycles. The number of hydrogen-bond acceptors (Lipinski definition) is 3.